The Labute approximate surface area is 97.8 Å². The van der Waals surface area contributed by atoms with Crippen molar-refractivity contribution in [3.63, 3.8) is 0 Å². The molecule has 0 unspecified atom stereocenters. The Kier molecular flexibility index (Phi) is 10.4. The molecule has 0 aromatic heterocycles. The van der Waals surface area contributed by atoms with Gasteiger partial charge in [-0.1, -0.05) is 0 Å². The zero-order valence-corrected chi connectivity index (χ0v) is 10.4. The summed E-state index contributed by atoms with van der Waals surface area (Å²) in [4.78, 5) is 12.3. The van der Waals surface area contributed by atoms with Crippen LogP contribution in [-0.2, 0) is 9.53 Å². The molecule has 2 N–H and O–H groups in total. The fraction of sp³-hybridized carbons (Fsp3) is 0.909. The van der Waals surface area contributed by atoms with E-state index in [-0.39, 0.29) is 6.42 Å². The van der Waals surface area contributed by atoms with E-state index >= 15 is 0 Å². The minimum Gasteiger partial charge on any atom is -0.481 e. The molecule has 5 nitrogen and oxygen atoms in total. The zero-order valence-electron chi connectivity index (χ0n) is 10.4. The number of carboxylic acid groups (broad SMARTS) is 1. The molecule has 0 saturated heterocycles. The van der Waals surface area contributed by atoms with Crippen LogP contribution in [0.25, 0.3) is 0 Å². The van der Waals surface area contributed by atoms with Crippen molar-refractivity contribution in [2.45, 2.75) is 19.3 Å². The molecule has 0 spiro atoms. The van der Waals surface area contributed by atoms with Gasteiger partial charge in [0.25, 0.3) is 0 Å². The van der Waals surface area contributed by atoms with E-state index in [1.807, 2.05) is 14.1 Å². The van der Waals surface area contributed by atoms with Crippen LogP contribution in [0.5, 0.6) is 0 Å². The lowest BCUT2D eigenvalue weighted by molar-refractivity contribution is -0.137. The summed E-state index contributed by atoms with van der Waals surface area (Å²) in [5, 5.41) is 11.6. The van der Waals surface area contributed by atoms with Crippen molar-refractivity contribution >= 4 is 5.97 Å². The number of ether oxygens (including phenoxy) is 1. The Morgan fingerprint density at radius 3 is 2.62 bits per heavy atom. The standard InChI is InChI=1S/C11H24N2O3/c1-13(2)8-10-16-9-7-12-6-4-3-5-11(14)15/h12H,3-10H2,1-2H3,(H,14,15). The Hall–Kier alpha value is -0.650. The van der Waals surface area contributed by atoms with E-state index in [9.17, 15) is 4.79 Å². The highest BCUT2D eigenvalue weighted by atomic mass is 16.5. The maximum Gasteiger partial charge on any atom is 0.303 e. The smallest absolute Gasteiger partial charge is 0.303 e. The van der Waals surface area contributed by atoms with Crippen molar-refractivity contribution in [3.8, 4) is 0 Å². The number of likely N-dealkylation sites (N-methyl/N-ethyl adjacent to an activating group) is 1. The molecule has 5 heteroatoms. The Morgan fingerprint density at radius 1 is 1.25 bits per heavy atom. The topological polar surface area (TPSA) is 61.8 Å². The molecule has 0 radical (unpaired) electrons. The highest BCUT2D eigenvalue weighted by Crippen LogP contribution is 1.92. The molecular formula is C11H24N2O3. The third-order valence-corrected chi connectivity index (χ3v) is 2.10. The average molecular weight is 232 g/mol. The van der Waals surface area contributed by atoms with Crippen molar-refractivity contribution in [1.29, 1.82) is 0 Å². The van der Waals surface area contributed by atoms with Gasteiger partial charge in [0, 0.05) is 19.5 Å². The minimum atomic E-state index is -0.716. The number of carboxylic acids is 1. The van der Waals surface area contributed by atoms with Gasteiger partial charge in [0.15, 0.2) is 0 Å². The number of aliphatic carboxylic acids is 1. The zero-order chi connectivity index (χ0) is 12.2. The summed E-state index contributed by atoms with van der Waals surface area (Å²) < 4.78 is 5.39. The van der Waals surface area contributed by atoms with Gasteiger partial charge in [0.2, 0.25) is 0 Å². The molecule has 0 aliphatic heterocycles. The van der Waals surface area contributed by atoms with E-state index in [4.69, 9.17) is 9.84 Å². The highest BCUT2D eigenvalue weighted by molar-refractivity contribution is 5.66. The number of hydrogen-bond donors (Lipinski definition) is 2. The average Bonchev–Trinajstić information content (AvgIpc) is 2.20. The van der Waals surface area contributed by atoms with Crippen molar-refractivity contribution in [2.75, 3.05) is 46.9 Å². The minimum absolute atomic E-state index is 0.265. The van der Waals surface area contributed by atoms with Crippen LogP contribution in [-0.4, -0.2) is 62.9 Å². The molecule has 0 aromatic carbocycles. The lowest BCUT2D eigenvalue weighted by atomic mass is 10.2. The quantitative estimate of drug-likeness (QED) is 0.505. The summed E-state index contributed by atoms with van der Waals surface area (Å²) in [6, 6.07) is 0. The van der Waals surface area contributed by atoms with E-state index in [0.717, 1.165) is 39.1 Å². The normalized spacial score (nSPS) is 10.9. The van der Waals surface area contributed by atoms with Gasteiger partial charge in [-0.25, -0.2) is 0 Å². The van der Waals surface area contributed by atoms with Gasteiger partial charge in [0.1, 0.15) is 0 Å². The monoisotopic (exact) mass is 232 g/mol. The van der Waals surface area contributed by atoms with E-state index in [2.05, 4.69) is 10.2 Å². The number of nitrogens with one attached hydrogen (secondary N) is 1. The second kappa shape index (κ2) is 10.9. The first-order valence-electron chi connectivity index (χ1n) is 5.78. The lowest BCUT2D eigenvalue weighted by Crippen LogP contribution is -2.23. The summed E-state index contributed by atoms with van der Waals surface area (Å²) in [5.41, 5.74) is 0. The predicted molar refractivity (Wildman–Crippen MR) is 63.7 cm³/mol. The summed E-state index contributed by atoms with van der Waals surface area (Å²) >= 11 is 0. The molecule has 0 atom stereocenters. The second-order valence-electron chi connectivity index (χ2n) is 4.02. The van der Waals surface area contributed by atoms with Crippen molar-refractivity contribution in [2.24, 2.45) is 0 Å². The van der Waals surface area contributed by atoms with Gasteiger partial charge < -0.3 is 20.1 Å². The number of rotatable bonds is 11. The van der Waals surface area contributed by atoms with Gasteiger partial charge >= 0.3 is 5.97 Å². The Balaban J connectivity index is 2.96. The van der Waals surface area contributed by atoms with Crippen LogP contribution >= 0.6 is 0 Å². The lowest BCUT2D eigenvalue weighted by Gasteiger charge is -2.10. The second-order valence-corrected chi connectivity index (χ2v) is 4.02. The summed E-state index contributed by atoms with van der Waals surface area (Å²) in [7, 11) is 4.04. The van der Waals surface area contributed by atoms with Gasteiger partial charge in [-0.15, -0.1) is 0 Å². The van der Waals surface area contributed by atoms with E-state index in [1.54, 1.807) is 0 Å². The van der Waals surface area contributed by atoms with Crippen LogP contribution < -0.4 is 5.32 Å². The summed E-state index contributed by atoms with van der Waals surface area (Å²) in [6.45, 7) is 4.11. The first-order valence-corrected chi connectivity index (χ1v) is 5.78. The van der Waals surface area contributed by atoms with Gasteiger partial charge in [-0.05, 0) is 33.5 Å². The first kappa shape index (κ1) is 15.3. The maximum atomic E-state index is 10.2. The Bertz CT molecular complexity index is 175. The van der Waals surface area contributed by atoms with Crippen LogP contribution in [0.3, 0.4) is 0 Å². The molecule has 0 aliphatic carbocycles. The van der Waals surface area contributed by atoms with Crippen LogP contribution in [0.4, 0.5) is 0 Å². The maximum absolute atomic E-state index is 10.2. The van der Waals surface area contributed by atoms with Crippen LogP contribution in [0.15, 0.2) is 0 Å². The summed E-state index contributed by atoms with van der Waals surface area (Å²) in [6.07, 6.45) is 1.91. The van der Waals surface area contributed by atoms with E-state index in [0.29, 0.717) is 6.61 Å². The van der Waals surface area contributed by atoms with Crippen molar-refractivity contribution in [1.82, 2.24) is 10.2 Å². The van der Waals surface area contributed by atoms with Crippen LogP contribution in [0, 0.1) is 0 Å². The molecule has 16 heavy (non-hydrogen) atoms. The molecule has 0 rings (SSSR count). The van der Waals surface area contributed by atoms with E-state index in [1.165, 1.54) is 0 Å². The van der Waals surface area contributed by atoms with Crippen molar-refractivity contribution in [3.05, 3.63) is 0 Å². The molecule has 0 amide bonds. The largest absolute Gasteiger partial charge is 0.481 e. The van der Waals surface area contributed by atoms with E-state index < -0.39 is 5.97 Å². The molecular weight excluding hydrogens is 208 g/mol. The number of unbranched alkanes of at least 4 members (excludes halogenated alkanes) is 1. The first-order chi connectivity index (χ1) is 7.63. The molecule has 0 saturated carbocycles. The SMILES string of the molecule is CN(C)CCOCCNCCCCC(=O)O. The van der Waals surface area contributed by atoms with Gasteiger partial charge in [0.05, 0.1) is 13.2 Å². The third kappa shape index (κ3) is 13.4. The highest BCUT2D eigenvalue weighted by Gasteiger charge is 1.96. The fourth-order valence-electron chi connectivity index (χ4n) is 1.14. The Morgan fingerprint density at radius 2 is 2.00 bits per heavy atom. The fourth-order valence-corrected chi connectivity index (χ4v) is 1.14. The molecule has 0 aromatic rings. The number of carbonyl (C=O) groups is 1. The number of hydrogen-bond acceptors (Lipinski definition) is 4. The number of nitrogens with zero attached hydrogens (tertiary/aromatic N) is 1. The molecule has 0 heterocycles. The van der Waals surface area contributed by atoms with Crippen molar-refractivity contribution < 1.29 is 14.6 Å². The molecule has 0 bridgehead atoms. The predicted octanol–water partition coefficient (Wildman–Crippen LogP) is 0.409. The third-order valence-electron chi connectivity index (χ3n) is 2.10. The van der Waals surface area contributed by atoms with Gasteiger partial charge in [-0.3, -0.25) is 4.79 Å². The van der Waals surface area contributed by atoms with Crippen LogP contribution in [0.2, 0.25) is 0 Å². The van der Waals surface area contributed by atoms with Gasteiger partial charge in [-0.2, -0.15) is 0 Å². The van der Waals surface area contributed by atoms with Crippen LogP contribution in [0.1, 0.15) is 19.3 Å². The molecule has 0 fully saturated rings. The molecule has 0 aliphatic rings. The summed E-state index contributed by atoms with van der Waals surface area (Å²) in [5.74, 6) is -0.716. The molecule has 96 valence electrons.